The van der Waals surface area contributed by atoms with Crippen LogP contribution in [0.3, 0.4) is 0 Å². The molecule has 3 N–H and O–H groups in total. The van der Waals surface area contributed by atoms with E-state index in [0.717, 1.165) is 11.4 Å². The zero-order chi connectivity index (χ0) is 21.5. The number of benzene rings is 2. The van der Waals surface area contributed by atoms with Crippen molar-refractivity contribution in [3.05, 3.63) is 53.1 Å². The minimum absolute atomic E-state index is 0.0392. The summed E-state index contributed by atoms with van der Waals surface area (Å²) in [7, 11) is 1.46. The minimum atomic E-state index is -0.294. The SMILES string of the molecule is CC[n+]1c(SCC(=O)NN=Cc2cccc(OC)c2O)n[nH]c1-c1ccc(Cl)cc1. The molecule has 0 aliphatic heterocycles. The number of aromatic hydroxyl groups is 1. The molecule has 1 heterocycles. The maximum Gasteiger partial charge on any atom is 0.337 e. The Kier molecular flexibility index (Phi) is 7.31. The van der Waals surface area contributed by atoms with Crippen LogP contribution in [-0.2, 0) is 11.3 Å². The van der Waals surface area contributed by atoms with Crippen LogP contribution in [0.1, 0.15) is 12.5 Å². The Labute approximate surface area is 182 Å². The van der Waals surface area contributed by atoms with Crippen LogP contribution in [0.25, 0.3) is 11.4 Å². The summed E-state index contributed by atoms with van der Waals surface area (Å²) in [6, 6.07) is 12.5. The van der Waals surface area contributed by atoms with Gasteiger partial charge in [0, 0.05) is 10.6 Å². The molecule has 3 rings (SSSR count). The highest BCUT2D eigenvalue weighted by molar-refractivity contribution is 7.99. The molecule has 0 spiro atoms. The van der Waals surface area contributed by atoms with E-state index < -0.39 is 0 Å². The van der Waals surface area contributed by atoms with Crippen molar-refractivity contribution in [3.63, 3.8) is 0 Å². The number of methoxy groups -OCH3 is 1. The average molecular weight is 447 g/mol. The van der Waals surface area contributed by atoms with E-state index in [1.807, 2.05) is 35.8 Å². The summed E-state index contributed by atoms with van der Waals surface area (Å²) in [6.45, 7) is 2.69. The molecule has 0 fully saturated rings. The summed E-state index contributed by atoms with van der Waals surface area (Å²) >= 11 is 7.25. The Balaban J connectivity index is 1.60. The molecule has 10 heteroatoms. The smallest absolute Gasteiger partial charge is 0.337 e. The van der Waals surface area contributed by atoms with Crippen molar-refractivity contribution >= 4 is 35.5 Å². The fraction of sp³-hybridized carbons (Fsp3) is 0.200. The number of hydrogen-bond donors (Lipinski definition) is 3. The van der Waals surface area contributed by atoms with E-state index >= 15 is 0 Å². The lowest BCUT2D eigenvalue weighted by Crippen LogP contribution is -2.36. The summed E-state index contributed by atoms with van der Waals surface area (Å²) in [5.41, 5.74) is 3.83. The molecule has 0 atom stereocenters. The van der Waals surface area contributed by atoms with Crippen molar-refractivity contribution in [1.29, 1.82) is 0 Å². The monoisotopic (exact) mass is 446 g/mol. The number of rotatable bonds is 8. The number of halogens is 1. The van der Waals surface area contributed by atoms with Gasteiger partial charge < -0.3 is 9.84 Å². The van der Waals surface area contributed by atoms with Crippen molar-refractivity contribution in [2.45, 2.75) is 18.6 Å². The van der Waals surface area contributed by atoms with Crippen LogP contribution in [0.5, 0.6) is 11.5 Å². The van der Waals surface area contributed by atoms with Gasteiger partial charge in [0.25, 0.3) is 11.7 Å². The van der Waals surface area contributed by atoms with Gasteiger partial charge in [-0.2, -0.15) is 5.10 Å². The number of nitrogens with one attached hydrogen (secondary N) is 2. The van der Waals surface area contributed by atoms with E-state index in [-0.39, 0.29) is 17.4 Å². The third kappa shape index (κ3) is 5.11. The number of phenols is 1. The first-order valence-electron chi connectivity index (χ1n) is 9.08. The second kappa shape index (κ2) is 10.1. The van der Waals surface area contributed by atoms with Gasteiger partial charge >= 0.3 is 5.16 Å². The molecule has 0 unspecified atom stereocenters. The molecule has 0 aliphatic rings. The maximum absolute atomic E-state index is 12.1. The second-order valence-corrected chi connectivity index (χ2v) is 7.46. The minimum Gasteiger partial charge on any atom is -0.504 e. The summed E-state index contributed by atoms with van der Waals surface area (Å²) in [5, 5.41) is 22.6. The van der Waals surface area contributed by atoms with E-state index in [0.29, 0.717) is 28.0 Å². The number of hydrazone groups is 1. The van der Waals surface area contributed by atoms with Gasteiger partial charge in [-0.15, -0.1) is 5.10 Å². The molecule has 1 amide bonds. The molecule has 2 aromatic carbocycles. The highest BCUT2D eigenvalue weighted by atomic mass is 35.5. The van der Waals surface area contributed by atoms with Crippen LogP contribution in [0, 0.1) is 0 Å². The molecule has 8 nitrogen and oxygen atoms in total. The summed E-state index contributed by atoms with van der Waals surface area (Å²) in [6.07, 6.45) is 1.36. The van der Waals surface area contributed by atoms with Crippen molar-refractivity contribution in [2.75, 3.05) is 12.9 Å². The molecule has 1 aromatic heterocycles. The third-order valence-electron chi connectivity index (χ3n) is 4.17. The van der Waals surface area contributed by atoms with Crippen molar-refractivity contribution in [2.24, 2.45) is 5.10 Å². The lowest BCUT2D eigenvalue weighted by atomic mass is 10.2. The van der Waals surface area contributed by atoms with E-state index in [1.54, 1.807) is 18.2 Å². The third-order valence-corrected chi connectivity index (χ3v) is 5.40. The van der Waals surface area contributed by atoms with Crippen molar-refractivity contribution in [3.8, 4) is 22.9 Å². The quantitative estimate of drug-likeness (QED) is 0.213. The molecule has 0 aliphatic carbocycles. The number of hydrogen-bond acceptors (Lipinski definition) is 6. The Hall–Kier alpha value is -3.04. The number of aromatic nitrogens is 3. The molecular weight excluding hydrogens is 426 g/mol. The number of thioether (sulfide) groups is 1. The highest BCUT2D eigenvalue weighted by Gasteiger charge is 2.21. The molecule has 0 radical (unpaired) electrons. The van der Waals surface area contributed by atoms with Crippen LogP contribution in [0.2, 0.25) is 5.02 Å². The molecule has 156 valence electrons. The normalized spacial score (nSPS) is 11.0. The number of carbonyl (C=O) groups excluding carboxylic acids is 1. The summed E-state index contributed by atoms with van der Waals surface area (Å²) < 4.78 is 7.03. The Bertz CT molecular complexity index is 1050. The highest BCUT2D eigenvalue weighted by Crippen LogP contribution is 2.28. The predicted molar refractivity (Wildman–Crippen MR) is 116 cm³/mol. The first kappa shape index (κ1) is 21.7. The molecule has 3 aromatic rings. The van der Waals surface area contributed by atoms with E-state index in [9.17, 15) is 9.90 Å². The number of ether oxygens (including phenoxy) is 1. The van der Waals surface area contributed by atoms with Gasteiger partial charge in [0.05, 0.1) is 36.3 Å². The van der Waals surface area contributed by atoms with Gasteiger partial charge in [-0.25, -0.2) is 9.99 Å². The lowest BCUT2D eigenvalue weighted by Gasteiger charge is -2.04. The van der Waals surface area contributed by atoms with Gasteiger partial charge in [-0.05, 0) is 55.1 Å². The number of carbonyl (C=O) groups is 1. The predicted octanol–water partition coefficient (Wildman–Crippen LogP) is 2.99. The first-order chi connectivity index (χ1) is 14.5. The van der Waals surface area contributed by atoms with Crippen LogP contribution in [-0.4, -0.2) is 40.3 Å². The number of aromatic amines is 1. The van der Waals surface area contributed by atoms with Gasteiger partial charge in [-0.1, -0.05) is 17.7 Å². The van der Waals surface area contributed by atoms with Crippen LogP contribution in [0.15, 0.2) is 52.7 Å². The Morgan fingerprint density at radius 3 is 2.83 bits per heavy atom. The second-order valence-electron chi connectivity index (χ2n) is 6.09. The van der Waals surface area contributed by atoms with Gasteiger partial charge in [0.2, 0.25) is 0 Å². The maximum atomic E-state index is 12.1. The number of amides is 1. The molecule has 0 saturated heterocycles. The number of para-hydroxylation sites is 1. The fourth-order valence-corrected chi connectivity index (χ4v) is 3.63. The zero-order valence-electron chi connectivity index (χ0n) is 16.4. The zero-order valence-corrected chi connectivity index (χ0v) is 18.0. The Morgan fingerprint density at radius 2 is 2.13 bits per heavy atom. The van der Waals surface area contributed by atoms with Crippen LogP contribution < -0.4 is 14.7 Å². The van der Waals surface area contributed by atoms with Gasteiger partial charge in [0.1, 0.15) is 0 Å². The molecule has 30 heavy (non-hydrogen) atoms. The number of phenolic OH excluding ortho intramolecular Hbond substituents is 1. The lowest BCUT2D eigenvalue weighted by molar-refractivity contribution is -0.719. The molecule has 0 saturated carbocycles. The van der Waals surface area contributed by atoms with Gasteiger partial charge in [0.15, 0.2) is 11.5 Å². The summed E-state index contributed by atoms with van der Waals surface area (Å²) in [4.78, 5) is 12.1. The topological polar surface area (TPSA) is 103 Å². The Morgan fingerprint density at radius 1 is 1.37 bits per heavy atom. The standard InChI is InChI=1S/C20H20ClN5O3S/c1-3-26-19(13-7-9-15(21)10-8-13)24-25-20(26)30-12-17(27)23-22-11-14-5-4-6-16(29-2)18(14)28/h4-11H,3,12H2,1-2H3,(H2,22,23,27,28)/p+1. The van der Waals surface area contributed by atoms with E-state index in [4.69, 9.17) is 16.3 Å². The summed E-state index contributed by atoms with van der Waals surface area (Å²) in [5.74, 6) is 0.968. The van der Waals surface area contributed by atoms with Gasteiger partial charge in [-0.3, -0.25) is 4.79 Å². The van der Waals surface area contributed by atoms with E-state index in [2.05, 4.69) is 20.7 Å². The van der Waals surface area contributed by atoms with Crippen LogP contribution in [0.4, 0.5) is 0 Å². The molecular formula is C20H21ClN5O3S+. The van der Waals surface area contributed by atoms with E-state index in [1.165, 1.54) is 25.1 Å². The van der Waals surface area contributed by atoms with Crippen molar-refractivity contribution < 1.29 is 19.2 Å². The molecule has 0 bridgehead atoms. The van der Waals surface area contributed by atoms with Crippen LogP contribution >= 0.6 is 23.4 Å². The number of nitrogens with zero attached hydrogens (tertiary/aromatic N) is 3. The fourth-order valence-electron chi connectivity index (χ4n) is 2.69. The van der Waals surface area contributed by atoms with Crippen molar-refractivity contribution in [1.82, 2.24) is 15.6 Å². The number of H-pyrrole nitrogens is 1. The average Bonchev–Trinajstić information content (AvgIpc) is 3.17. The first-order valence-corrected chi connectivity index (χ1v) is 10.4. The largest absolute Gasteiger partial charge is 0.504 e.